The highest BCUT2D eigenvalue weighted by Crippen LogP contribution is 2.30. The molecule has 5 nitrogen and oxygen atoms in total. The zero-order chi connectivity index (χ0) is 22.3. The van der Waals surface area contributed by atoms with Crippen molar-refractivity contribution in [2.75, 3.05) is 12.9 Å². The number of rotatable bonds is 10. The number of hydrogen-bond acceptors (Lipinski definition) is 6. The molecule has 0 radical (unpaired) electrons. The predicted octanol–water partition coefficient (Wildman–Crippen LogP) is 4.84. The fourth-order valence-corrected chi connectivity index (χ4v) is 8.69. The van der Waals surface area contributed by atoms with E-state index in [1.165, 1.54) is 36.0 Å². The lowest BCUT2D eigenvalue weighted by Crippen LogP contribution is -2.31. The van der Waals surface area contributed by atoms with E-state index in [1.54, 1.807) is 43.5 Å². The third kappa shape index (κ3) is 5.70. The largest absolute Gasteiger partial charge is 0.497 e. The lowest BCUT2D eigenvalue weighted by Gasteiger charge is -2.18. The number of thioether (sulfide) groups is 1. The summed E-state index contributed by atoms with van der Waals surface area (Å²) in [5, 5.41) is 0. The highest BCUT2D eigenvalue weighted by molar-refractivity contribution is 8.09. The Morgan fingerprint density at radius 3 is 1.84 bits per heavy atom. The van der Waals surface area contributed by atoms with Gasteiger partial charge in [0.1, 0.15) is 5.75 Å². The molecule has 0 aromatic heterocycles. The summed E-state index contributed by atoms with van der Waals surface area (Å²) in [5.41, 5.74) is 0. The van der Waals surface area contributed by atoms with Crippen LogP contribution >= 0.6 is 11.8 Å². The van der Waals surface area contributed by atoms with Gasteiger partial charge < -0.3 is 4.74 Å². The van der Waals surface area contributed by atoms with Crippen LogP contribution in [0.1, 0.15) is 12.8 Å². The highest BCUT2D eigenvalue weighted by atomic mass is 32.3. The molecule has 0 bridgehead atoms. The molecule has 3 aromatic rings. The molecule has 0 saturated carbocycles. The second kappa shape index (κ2) is 10.3. The summed E-state index contributed by atoms with van der Waals surface area (Å²) in [6.07, 6.45) is 0.427. The summed E-state index contributed by atoms with van der Waals surface area (Å²) in [6, 6.07) is 23.1. The minimum atomic E-state index is -4.08. The SMILES string of the molecule is COc1cccc(SCCCC(S(=O)(=O)c2ccccc2)S(=O)(=O)c2ccccc2)c1. The van der Waals surface area contributed by atoms with Crippen LogP contribution in [0, 0.1) is 0 Å². The fraction of sp³-hybridized carbons (Fsp3) is 0.217. The van der Waals surface area contributed by atoms with Crippen LogP contribution in [0.5, 0.6) is 5.75 Å². The Morgan fingerprint density at radius 2 is 1.32 bits per heavy atom. The van der Waals surface area contributed by atoms with E-state index in [2.05, 4.69) is 0 Å². The summed E-state index contributed by atoms with van der Waals surface area (Å²) in [4.78, 5) is 1.01. The minimum absolute atomic E-state index is 0.00538. The van der Waals surface area contributed by atoms with Gasteiger partial charge in [-0.15, -0.1) is 11.8 Å². The van der Waals surface area contributed by atoms with E-state index in [9.17, 15) is 16.8 Å². The molecule has 3 aromatic carbocycles. The molecule has 0 saturated heterocycles. The van der Waals surface area contributed by atoms with E-state index in [0.717, 1.165) is 10.6 Å². The van der Waals surface area contributed by atoms with Crippen LogP contribution in [0.4, 0.5) is 0 Å². The van der Waals surface area contributed by atoms with Crippen molar-refractivity contribution in [1.82, 2.24) is 0 Å². The molecule has 0 atom stereocenters. The van der Waals surface area contributed by atoms with Gasteiger partial charge in [0.2, 0.25) is 0 Å². The molecular formula is C23H24O5S3. The molecule has 8 heteroatoms. The van der Waals surface area contributed by atoms with E-state index < -0.39 is 24.3 Å². The Hall–Kier alpha value is -2.29. The lowest BCUT2D eigenvalue weighted by atomic mass is 10.3. The van der Waals surface area contributed by atoms with E-state index >= 15 is 0 Å². The van der Waals surface area contributed by atoms with Crippen molar-refractivity contribution in [3.63, 3.8) is 0 Å². The topological polar surface area (TPSA) is 77.5 Å². The average molecular weight is 477 g/mol. The maximum atomic E-state index is 13.3. The quantitative estimate of drug-likeness (QED) is 0.308. The second-order valence-corrected chi connectivity index (χ2v) is 12.5. The van der Waals surface area contributed by atoms with Gasteiger partial charge in [-0.2, -0.15) is 0 Å². The molecule has 0 aliphatic rings. The molecule has 164 valence electrons. The van der Waals surface area contributed by atoms with Crippen LogP contribution < -0.4 is 4.74 Å². The Balaban J connectivity index is 1.83. The van der Waals surface area contributed by atoms with Crippen LogP contribution in [0.15, 0.2) is 99.6 Å². The van der Waals surface area contributed by atoms with Gasteiger partial charge in [-0.25, -0.2) is 16.8 Å². The van der Waals surface area contributed by atoms with Gasteiger partial charge in [-0.1, -0.05) is 42.5 Å². The van der Waals surface area contributed by atoms with Gasteiger partial charge in [-0.05, 0) is 61.1 Å². The molecule has 0 unspecified atom stereocenters. The fourth-order valence-electron chi connectivity index (χ4n) is 3.13. The first-order valence-electron chi connectivity index (χ1n) is 9.70. The summed E-state index contributed by atoms with van der Waals surface area (Å²) in [7, 11) is -6.57. The van der Waals surface area contributed by atoms with Crippen molar-refractivity contribution >= 4 is 31.4 Å². The Bertz CT molecular complexity index is 1120. The van der Waals surface area contributed by atoms with E-state index in [1.807, 2.05) is 24.3 Å². The molecule has 31 heavy (non-hydrogen) atoms. The highest BCUT2D eigenvalue weighted by Gasteiger charge is 2.39. The molecule has 0 aliphatic heterocycles. The number of ether oxygens (including phenoxy) is 1. The van der Waals surface area contributed by atoms with Crippen LogP contribution in [0.25, 0.3) is 0 Å². The standard InChI is InChI=1S/C23H24O5S3/c1-28-19-10-8-11-20(18-19)29-17-9-16-23(30(24,25)21-12-4-2-5-13-21)31(26,27)22-14-6-3-7-15-22/h2-8,10-15,18,23H,9,16-17H2,1H3. The van der Waals surface area contributed by atoms with Gasteiger partial charge in [-0.3, -0.25) is 0 Å². The summed E-state index contributed by atoms with van der Waals surface area (Å²) >= 11 is 1.54. The van der Waals surface area contributed by atoms with Gasteiger partial charge in [0.05, 0.1) is 16.9 Å². The van der Waals surface area contributed by atoms with Crippen LogP contribution in [0.3, 0.4) is 0 Å². The molecule has 0 heterocycles. The van der Waals surface area contributed by atoms with Crippen LogP contribution in [0.2, 0.25) is 0 Å². The monoisotopic (exact) mass is 476 g/mol. The van der Waals surface area contributed by atoms with Crippen LogP contribution in [-0.4, -0.2) is 34.3 Å². The third-order valence-electron chi connectivity index (χ3n) is 4.73. The van der Waals surface area contributed by atoms with Crippen molar-refractivity contribution < 1.29 is 21.6 Å². The summed E-state index contributed by atoms with van der Waals surface area (Å²) in [5.74, 6) is 1.32. The molecule has 0 spiro atoms. The van der Waals surface area contributed by atoms with Gasteiger partial charge in [0.25, 0.3) is 0 Å². The average Bonchev–Trinajstić information content (AvgIpc) is 2.80. The van der Waals surface area contributed by atoms with Crippen molar-refractivity contribution in [1.29, 1.82) is 0 Å². The lowest BCUT2D eigenvalue weighted by molar-refractivity contribution is 0.413. The Labute approximate surface area is 188 Å². The molecule has 0 N–H and O–H groups in total. The summed E-state index contributed by atoms with van der Waals surface area (Å²) < 4.78 is 56.9. The minimum Gasteiger partial charge on any atom is -0.497 e. The first-order valence-corrected chi connectivity index (χ1v) is 13.8. The van der Waals surface area contributed by atoms with E-state index in [-0.39, 0.29) is 16.2 Å². The first-order chi connectivity index (χ1) is 14.9. The zero-order valence-electron chi connectivity index (χ0n) is 17.0. The van der Waals surface area contributed by atoms with Gasteiger partial charge in [0, 0.05) is 4.90 Å². The first kappa shape index (κ1) is 23.4. The second-order valence-electron chi connectivity index (χ2n) is 6.82. The molecule has 3 rings (SSSR count). The molecule has 0 amide bonds. The maximum absolute atomic E-state index is 13.3. The van der Waals surface area contributed by atoms with Crippen molar-refractivity contribution in [3.05, 3.63) is 84.9 Å². The van der Waals surface area contributed by atoms with E-state index in [4.69, 9.17) is 4.74 Å². The Kier molecular flexibility index (Phi) is 7.80. The number of sulfone groups is 2. The van der Waals surface area contributed by atoms with Gasteiger partial charge >= 0.3 is 0 Å². The molecule has 0 aliphatic carbocycles. The maximum Gasteiger partial charge on any atom is 0.195 e. The van der Waals surface area contributed by atoms with Crippen LogP contribution in [-0.2, 0) is 19.7 Å². The van der Waals surface area contributed by atoms with Crippen molar-refractivity contribution in [2.45, 2.75) is 32.1 Å². The van der Waals surface area contributed by atoms with Gasteiger partial charge in [0.15, 0.2) is 24.3 Å². The number of methoxy groups -OCH3 is 1. The molecule has 0 fully saturated rings. The number of hydrogen-bond donors (Lipinski definition) is 0. The Morgan fingerprint density at radius 1 is 0.774 bits per heavy atom. The predicted molar refractivity (Wildman–Crippen MR) is 124 cm³/mol. The molecular weight excluding hydrogens is 452 g/mol. The van der Waals surface area contributed by atoms with E-state index in [0.29, 0.717) is 12.2 Å². The third-order valence-corrected chi connectivity index (χ3v) is 11.0. The van der Waals surface area contributed by atoms with Crippen molar-refractivity contribution in [2.24, 2.45) is 0 Å². The normalized spacial score (nSPS) is 12.1. The zero-order valence-corrected chi connectivity index (χ0v) is 19.5. The van der Waals surface area contributed by atoms with Crippen molar-refractivity contribution in [3.8, 4) is 5.75 Å². The number of benzene rings is 3. The summed E-state index contributed by atoms with van der Waals surface area (Å²) in [6.45, 7) is 0. The smallest absolute Gasteiger partial charge is 0.195 e.